The molecule has 122 valence electrons. The SMILES string of the molecule is O=C(Cc1ccc2ccccc2c1)ON1C(=O)c2ccccc2C1=O. The number of rotatable bonds is 3. The minimum absolute atomic E-state index is 0.0295. The predicted molar refractivity (Wildman–Crippen MR) is 90.7 cm³/mol. The fraction of sp³-hybridized carbons (Fsp3) is 0.0500. The summed E-state index contributed by atoms with van der Waals surface area (Å²) in [5.74, 6) is -1.90. The molecule has 0 fully saturated rings. The number of carbonyl (C=O) groups excluding carboxylic acids is 3. The van der Waals surface area contributed by atoms with E-state index in [9.17, 15) is 14.4 Å². The van der Waals surface area contributed by atoms with Crippen LogP contribution < -0.4 is 0 Å². The second kappa shape index (κ2) is 5.87. The van der Waals surface area contributed by atoms with Crippen LogP contribution in [0, 0.1) is 0 Å². The van der Waals surface area contributed by atoms with Gasteiger partial charge in [-0.2, -0.15) is 0 Å². The highest BCUT2D eigenvalue weighted by molar-refractivity contribution is 6.20. The third-order valence-corrected chi connectivity index (χ3v) is 4.11. The van der Waals surface area contributed by atoms with Crippen molar-refractivity contribution in [3.05, 3.63) is 83.4 Å². The third-order valence-electron chi connectivity index (χ3n) is 4.11. The van der Waals surface area contributed by atoms with E-state index in [0.717, 1.165) is 16.3 Å². The Labute approximate surface area is 143 Å². The molecule has 3 aromatic rings. The number of hydrogen-bond donors (Lipinski definition) is 0. The Balaban J connectivity index is 1.51. The first-order valence-corrected chi connectivity index (χ1v) is 7.80. The van der Waals surface area contributed by atoms with Gasteiger partial charge in [-0.05, 0) is 28.5 Å². The molecule has 0 unspecified atom stereocenters. The molecule has 0 aliphatic carbocycles. The van der Waals surface area contributed by atoms with Gasteiger partial charge < -0.3 is 4.84 Å². The average molecular weight is 331 g/mol. The molecule has 4 rings (SSSR count). The summed E-state index contributed by atoms with van der Waals surface area (Å²) < 4.78 is 0. The lowest BCUT2D eigenvalue weighted by atomic mass is 10.1. The smallest absolute Gasteiger partial charge is 0.329 e. The number of benzene rings is 3. The van der Waals surface area contributed by atoms with Crippen molar-refractivity contribution in [1.29, 1.82) is 0 Å². The Morgan fingerprint density at radius 3 is 2.08 bits per heavy atom. The quantitative estimate of drug-likeness (QED) is 0.692. The van der Waals surface area contributed by atoms with E-state index in [2.05, 4.69) is 0 Å². The van der Waals surface area contributed by atoms with Gasteiger partial charge in [0.05, 0.1) is 17.5 Å². The lowest BCUT2D eigenvalue weighted by Gasteiger charge is -2.12. The van der Waals surface area contributed by atoms with Crippen LogP contribution in [0.2, 0.25) is 0 Å². The van der Waals surface area contributed by atoms with Gasteiger partial charge in [0.2, 0.25) is 0 Å². The van der Waals surface area contributed by atoms with E-state index in [1.807, 2.05) is 42.5 Å². The molecule has 0 spiro atoms. The van der Waals surface area contributed by atoms with E-state index in [4.69, 9.17) is 4.84 Å². The second-order valence-electron chi connectivity index (χ2n) is 5.77. The van der Waals surface area contributed by atoms with Gasteiger partial charge in [0.25, 0.3) is 11.8 Å². The molecule has 5 heteroatoms. The van der Waals surface area contributed by atoms with Crippen molar-refractivity contribution < 1.29 is 19.2 Å². The summed E-state index contributed by atoms with van der Waals surface area (Å²) in [6.45, 7) is 0. The zero-order valence-electron chi connectivity index (χ0n) is 13.1. The van der Waals surface area contributed by atoms with Crippen LogP contribution in [0.5, 0.6) is 0 Å². The number of carbonyl (C=O) groups is 3. The fourth-order valence-electron chi connectivity index (χ4n) is 2.90. The van der Waals surface area contributed by atoms with E-state index >= 15 is 0 Å². The van der Waals surface area contributed by atoms with Crippen molar-refractivity contribution in [2.75, 3.05) is 0 Å². The predicted octanol–water partition coefficient (Wildman–Crippen LogP) is 3.14. The van der Waals surface area contributed by atoms with Gasteiger partial charge in [-0.3, -0.25) is 9.59 Å². The first kappa shape index (κ1) is 15.1. The summed E-state index contributed by atoms with van der Waals surface area (Å²) in [6, 6.07) is 19.8. The molecular formula is C20H13NO4. The molecule has 0 saturated heterocycles. The number of imide groups is 1. The van der Waals surface area contributed by atoms with Crippen molar-refractivity contribution in [2.24, 2.45) is 0 Å². The van der Waals surface area contributed by atoms with E-state index in [1.165, 1.54) is 12.1 Å². The van der Waals surface area contributed by atoms with Crippen LogP contribution in [0.15, 0.2) is 66.7 Å². The standard InChI is InChI=1S/C20H13NO4/c22-18(12-13-9-10-14-5-1-2-6-15(14)11-13)25-21-19(23)16-7-3-4-8-17(16)20(21)24/h1-11H,12H2. The zero-order chi connectivity index (χ0) is 17.4. The van der Waals surface area contributed by atoms with E-state index < -0.39 is 17.8 Å². The minimum atomic E-state index is -0.662. The highest BCUT2D eigenvalue weighted by Gasteiger charge is 2.38. The van der Waals surface area contributed by atoms with Gasteiger partial charge in [0.15, 0.2) is 0 Å². The minimum Gasteiger partial charge on any atom is -0.329 e. The lowest BCUT2D eigenvalue weighted by molar-refractivity contribution is -0.167. The topological polar surface area (TPSA) is 63.7 Å². The Hall–Kier alpha value is -3.47. The largest absolute Gasteiger partial charge is 0.337 e. The number of hydrogen-bond acceptors (Lipinski definition) is 4. The Kier molecular flexibility index (Phi) is 3.54. The van der Waals surface area contributed by atoms with Gasteiger partial charge in [-0.1, -0.05) is 59.7 Å². The maximum Gasteiger partial charge on any atom is 0.337 e. The molecule has 0 aromatic heterocycles. The van der Waals surface area contributed by atoms with E-state index in [-0.39, 0.29) is 17.5 Å². The zero-order valence-corrected chi connectivity index (χ0v) is 13.1. The number of amides is 2. The first-order chi connectivity index (χ1) is 12.1. The highest BCUT2D eigenvalue weighted by atomic mass is 16.7. The molecule has 1 heterocycles. The molecule has 0 atom stereocenters. The highest BCUT2D eigenvalue weighted by Crippen LogP contribution is 2.23. The van der Waals surface area contributed by atoms with Crippen LogP contribution in [0.1, 0.15) is 26.3 Å². The van der Waals surface area contributed by atoms with Gasteiger partial charge in [0.1, 0.15) is 0 Å². The molecule has 3 aromatic carbocycles. The molecule has 1 aliphatic rings. The Morgan fingerprint density at radius 2 is 1.40 bits per heavy atom. The summed E-state index contributed by atoms with van der Waals surface area (Å²) in [5, 5.41) is 2.61. The fourth-order valence-corrected chi connectivity index (χ4v) is 2.90. The molecule has 0 bridgehead atoms. The normalized spacial score (nSPS) is 13.2. The summed E-state index contributed by atoms with van der Waals surface area (Å²) in [6.07, 6.45) is -0.0295. The van der Waals surface area contributed by atoms with Crippen LogP contribution in [0.3, 0.4) is 0 Å². The molecule has 1 aliphatic heterocycles. The number of nitrogens with zero attached hydrogens (tertiary/aromatic N) is 1. The Morgan fingerprint density at radius 1 is 0.800 bits per heavy atom. The van der Waals surface area contributed by atoms with Gasteiger partial charge in [-0.15, -0.1) is 0 Å². The maximum atomic E-state index is 12.2. The van der Waals surface area contributed by atoms with Crippen LogP contribution in [0.4, 0.5) is 0 Å². The van der Waals surface area contributed by atoms with Crippen molar-refractivity contribution in [3.63, 3.8) is 0 Å². The molecule has 25 heavy (non-hydrogen) atoms. The second-order valence-corrected chi connectivity index (χ2v) is 5.77. The average Bonchev–Trinajstić information content (AvgIpc) is 2.87. The van der Waals surface area contributed by atoms with Gasteiger partial charge >= 0.3 is 5.97 Å². The maximum absolute atomic E-state index is 12.2. The van der Waals surface area contributed by atoms with Crippen molar-refractivity contribution in [3.8, 4) is 0 Å². The summed E-state index contributed by atoms with van der Waals surface area (Å²) in [7, 11) is 0. The monoisotopic (exact) mass is 331 g/mol. The molecule has 0 N–H and O–H groups in total. The van der Waals surface area contributed by atoms with Crippen LogP contribution in [-0.4, -0.2) is 22.8 Å². The first-order valence-electron chi connectivity index (χ1n) is 7.80. The van der Waals surface area contributed by atoms with Crippen LogP contribution in [-0.2, 0) is 16.1 Å². The summed E-state index contributed by atoms with van der Waals surface area (Å²) in [4.78, 5) is 41.6. The van der Waals surface area contributed by atoms with Crippen LogP contribution >= 0.6 is 0 Å². The van der Waals surface area contributed by atoms with E-state index in [1.54, 1.807) is 12.1 Å². The van der Waals surface area contributed by atoms with Crippen molar-refractivity contribution in [1.82, 2.24) is 5.06 Å². The third kappa shape index (κ3) is 2.65. The van der Waals surface area contributed by atoms with Crippen LogP contribution in [0.25, 0.3) is 10.8 Å². The molecule has 2 amide bonds. The molecule has 0 radical (unpaired) electrons. The van der Waals surface area contributed by atoms with Crippen molar-refractivity contribution in [2.45, 2.75) is 6.42 Å². The summed E-state index contributed by atoms with van der Waals surface area (Å²) >= 11 is 0. The van der Waals surface area contributed by atoms with Gasteiger partial charge in [0, 0.05) is 0 Å². The summed E-state index contributed by atoms with van der Waals surface area (Å²) in [5.41, 5.74) is 1.23. The van der Waals surface area contributed by atoms with Gasteiger partial charge in [-0.25, -0.2) is 4.79 Å². The molecule has 0 saturated carbocycles. The number of fused-ring (bicyclic) bond motifs is 2. The number of hydroxylamine groups is 2. The Bertz CT molecular complexity index is 990. The lowest BCUT2D eigenvalue weighted by Crippen LogP contribution is -2.33. The molecule has 5 nitrogen and oxygen atoms in total. The van der Waals surface area contributed by atoms with Crippen molar-refractivity contribution >= 4 is 28.6 Å². The molecular weight excluding hydrogens is 318 g/mol. The van der Waals surface area contributed by atoms with E-state index in [0.29, 0.717) is 5.06 Å².